The molecule has 1 aliphatic carbocycles. The van der Waals surface area contributed by atoms with Crippen LogP contribution >= 0.6 is 0 Å². The fourth-order valence-corrected chi connectivity index (χ4v) is 2.47. The number of hydrogen-bond donors (Lipinski definition) is 1. The van der Waals surface area contributed by atoms with Crippen molar-refractivity contribution in [3.63, 3.8) is 0 Å². The zero-order chi connectivity index (χ0) is 13.9. The van der Waals surface area contributed by atoms with Crippen LogP contribution in [0.4, 0.5) is 0 Å². The molecule has 1 heterocycles. The van der Waals surface area contributed by atoms with E-state index in [-0.39, 0.29) is 0 Å². The van der Waals surface area contributed by atoms with Gasteiger partial charge in [-0.15, -0.1) is 0 Å². The summed E-state index contributed by atoms with van der Waals surface area (Å²) in [6.45, 7) is 5.38. The third-order valence-electron chi connectivity index (χ3n) is 3.90. The van der Waals surface area contributed by atoms with Gasteiger partial charge in [-0.2, -0.15) is 5.10 Å². The molecule has 106 valence electrons. The molecule has 1 aliphatic rings. The van der Waals surface area contributed by atoms with Crippen molar-refractivity contribution >= 4 is 0 Å². The molecule has 3 rings (SSSR count). The molecule has 1 N–H and O–H groups in total. The van der Waals surface area contributed by atoms with Gasteiger partial charge < -0.3 is 5.32 Å². The van der Waals surface area contributed by atoms with E-state index in [2.05, 4.69) is 48.7 Å². The summed E-state index contributed by atoms with van der Waals surface area (Å²) in [6.07, 6.45) is 9.19. The lowest BCUT2D eigenvalue weighted by Gasteiger charge is -2.06. The second-order valence-corrected chi connectivity index (χ2v) is 5.92. The molecule has 3 nitrogen and oxygen atoms in total. The molecule has 0 aliphatic heterocycles. The first-order valence-electron chi connectivity index (χ1n) is 7.57. The first-order valence-corrected chi connectivity index (χ1v) is 7.57. The predicted octanol–water partition coefficient (Wildman–Crippen LogP) is 3.17. The summed E-state index contributed by atoms with van der Waals surface area (Å²) in [6, 6.07) is 7.31. The summed E-state index contributed by atoms with van der Waals surface area (Å²) in [7, 11) is 0. The molecule has 2 aromatic rings. The summed E-state index contributed by atoms with van der Waals surface area (Å²) in [4.78, 5) is 0. The third-order valence-corrected chi connectivity index (χ3v) is 3.90. The minimum absolute atomic E-state index is 0.813. The van der Waals surface area contributed by atoms with Crippen LogP contribution in [0.1, 0.15) is 36.0 Å². The van der Waals surface area contributed by atoms with Crippen LogP contribution in [0, 0.1) is 13.8 Å². The average Bonchev–Trinajstić information content (AvgIpc) is 3.15. The molecule has 20 heavy (non-hydrogen) atoms. The number of benzene rings is 1. The van der Waals surface area contributed by atoms with Crippen LogP contribution in [0.5, 0.6) is 0 Å². The number of hydrogen-bond acceptors (Lipinski definition) is 2. The van der Waals surface area contributed by atoms with Crippen molar-refractivity contribution in [3.05, 3.63) is 47.3 Å². The Balaban J connectivity index is 1.61. The summed E-state index contributed by atoms with van der Waals surface area (Å²) in [5.74, 6) is 0. The maximum absolute atomic E-state index is 4.51. The highest BCUT2D eigenvalue weighted by atomic mass is 15.3. The molecule has 1 aromatic heterocycles. The van der Waals surface area contributed by atoms with Gasteiger partial charge in [-0.1, -0.05) is 12.1 Å². The van der Waals surface area contributed by atoms with Crippen LogP contribution in [0.3, 0.4) is 0 Å². The highest BCUT2D eigenvalue weighted by Gasteiger charge is 2.19. The molecule has 0 bridgehead atoms. The van der Waals surface area contributed by atoms with Gasteiger partial charge in [-0.3, -0.25) is 0 Å². The van der Waals surface area contributed by atoms with E-state index in [4.69, 9.17) is 0 Å². The fraction of sp³-hybridized carbons (Fsp3) is 0.471. The molecule has 1 aromatic carbocycles. The van der Waals surface area contributed by atoms with Gasteiger partial charge in [-0.05, 0) is 68.8 Å². The van der Waals surface area contributed by atoms with Crippen molar-refractivity contribution in [1.82, 2.24) is 15.1 Å². The molecular formula is C17H23N3. The lowest BCUT2D eigenvalue weighted by atomic mass is 10.1. The largest absolute Gasteiger partial charge is 0.314 e. The van der Waals surface area contributed by atoms with E-state index in [1.54, 1.807) is 0 Å². The summed E-state index contributed by atoms with van der Waals surface area (Å²) in [5, 5.41) is 8.07. The number of aromatic nitrogens is 2. The third kappa shape index (κ3) is 3.28. The van der Waals surface area contributed by atoms with Crippen LogP contribution in [0.2, 0.25) is 0 Å². The van der Waals surface area contributed by atoms with Crippen LogP contribution in [-0.2, 0) is 6.42 Å². The summed E-state index contributed by atoms with van der Waals surface area (Å²) in [5.41, 5.74) is 5.05. The van der Waals surface area contributed by atoms with Gasteiger partial charge in [-0.25, -0.2) is 4.68 Å². The van der Waals surface area contributed by atoms with Gasteiger partial charge in [0.1, 0.15) is 0 Å². The molecule has 0 unspecified atom stereocenters. The van der Waals surface area contributed by atoms with E-state index in [1.165, 1.54) is 41.6 Å². The predicted molar refractivity (Wildman–Crippen MR) is 82.4 cm³/mol. The Hall–Kier alpha value is -1.61. The number of aryl methyl sites for hydroxylation is 3. The number of nitrogens with one attached hydrogen (secondary N) is 1. The highest BCUT2D eigenvalue weighted by Crippen LogP contribution is 2.19. The Morgan fingerprint density at radius 3 is 2.95 bits per heavy atom. The van der Waals surface area contributed by atoms with Gasteiger partial charge in [0, 0.05) is 12.2 Å². The molecule has 1 fully saturated rings. The second kappa shape index (κ2) is 5.80. The molecule has 0 amide bonds. The fourth-order valence-electron chi connectivity index (χ4n) is 2.47. The monoisotopic (exact) mass is 269 g/mol. The van der Waals surface area contributed by atoms with Crippen LogP contribution in [-0.4, -0.2) is 22.4 Å². The van der Waals surface area contributed by atoms with E-state index in [9.17, 15) is 0 Å². The Bertz CT molecular complexity index is 582. The van der Waals surface area contributed by atoms with Crippen LogP contribution in [0.15, 0.2) is 30.6 Å². The highest BCUT2D eigenvalue weighted by molar-refractivity contribution is 5.42. The Morgan fingerprint density at radius 2 is 2.15 bits per heavy atom. The Kier molecular flexibility index (Phi) is 3.88. The van der Waals surface area contributed by atoms with Gasteiger partial charge in [0.15, 0.2) is 0 Å². The first-order chi connectivity index (χ1) is 9.72. The SMILES string of the molecule is Cc1ccc(C)c(-n2cc(CCCNC3CC3)cn2)c1. The van der Waals surface area contributed by atoms with E-state index in [1.807, 2.05) is 10.9 Å². The van der Waals surface area contributed by atoms with Gasteiger partial charge in [0.05, 0.1) is 11.9 Å². The minimum atomic E-state index is 0.813. The van der Waals surface area contributed by atoms with Gasteiger partial charge in [0.25, 0.3) is 0 Å². The van der Waals surface area contributed by atoms with Gasteiger partial charge in [0.2, 0.25) is 0 Å². The van der Waals surface area contributed by atoms with Crippen molar-refractivity contribution in [2.24, 2.45) is 0 Å². The summed E-state index contributed by atoms with van der Waals surface area (Å²) < 4.78 is 2.01. The van der Waals surface area contributed by atoms with Gasteiger partial charge >= 0.3 is 0 Å². The lowest BCUT2D eigenvalue weighted by molar-refractivity contribution is 0.645. The maximum atomic E-state index is 4.51. The normalized spacial score (nSPS) is 14.7. The molecular weight excluding hydrogens is 246 g/mol. The lowest BCUT2D eigenvalue weighted by Crippen LogP contribution is -2.17. The molecule has 3 heteroatoms. The molecule has 0 spiro atoms. The maximum Gasteiger partial charge on any atom is 0.0677 e. The molecule has 0 radical (unpaired) electrons. The molecule has 0 atom stereocenters. The Labute approximate surface area is 121 Å². The number of nitrogens with zero attached hydrogens (tertiary/aromatic N) is 2. The van der Waals surface area contributed by atoms with Crippen molar-refractivity contribution in [1.29, 1.82) is 0 Å². The summed E-state index contributed by atoms with van der Waals surface area (Å²) >= 11 is 0. The molecule has 1 saturated carbocycles. The van der Waals surface area contributed by atoms with E-state index >= 15 is 0 Å². The zero-order valence-electron chi connectivity index (χ0n) is 12.4. The van der Waals surface area contributed by atoms with Crippen LogP contribution < -0.4 is 5.32 Å². The standard InChI is InChI=1S/C17H23N3/c1-13-5-6-14(2)17(10-13)20-12-15(11-19-20)4-3-9-18-16-7-8-16/h5-6,10-12,16,18H,3-4,7-9H2,1-2H3. The average molecular weight is 269 g/mol. The topological polar surface area (TPSA) is 29.9 Å². The van der Waals surface area contributed by atoms with E-state index in [0.717, 1.165) is 19.0 Å². The van der Waals surface area contributed by atoms with Crippen LogP contribution in [0.25, 0.3) is 5.69 Å². The van der Waals surface area contributed by atoms with Crippen molar-refractivity contribution in [2.75, 3.05) is 6.54 Å². The molecule has 0 saturated heterocycles. The smallest absolute Gasteiger partial charge is 0.0677 e. The zero-order valence-corrected chi connectivity index (χ0v) is 12.4. The minimum Gasteiger partial charge on any atom is -0.314 e. The van der Waals surface area contributed by atoms with Crippen molar-refractivity contribution in [2.45, 2.75) is 45.6 Å². The van der Waals surface area contributed by atoms with Crippen molar-refractivity contribution in [3.8, 4) is 5.69 Å². The van der Waals surface area contributed by atoms with E-state index < -0.39 is 0 Å². The second-order valence-electron chi connectivity index (χ2n) is 5.92. The van der Waals surface area contributed by atoms with E-state index in [0.29, 0.717) is 0 Å². The quantitative estimate of drug-likeness (QED) is 0.816. The number of rotatable bonds is 6. The Morgan fingerprint density at radius 1 is 1.30 bits per heavy atom. The first kappa shape index (κ1) is 13.4. The van der Waals surface area contributed by atoms with Crippen molar-refractivity contribution < 1.29 is 0 Å².